The van der Waals surface area contributed by atoms with Gasteiger partial charge in [0, 0.05) is 52.5 Å². The molecule has 0 aliphatic carbocycles. The number of carbonyl (C=O) groups excluding carboxylic acids is 1. The first-order valence-corrected chi connectivity index (χ1v) is 9.31. The number of carbonyl (C=O) groups is 1. The van der Waals surface area contributed by atoms with Crippen LogP contribution in [0.3, 0.4) is 0 Å². The van der Waals surface area contributed by atoms with Crippen molar-refractivity contribution >= 4 is 17.3 Å². The lowest BCUT2D eigenvalue weighted by molar-refractivity contribution is -0.122. The maximum atomic E-state index is 12.3. The van der Waals surface area contributed by atoms with E-state index in [1.807, 2.05) is 44.4 Å². The average Bonchev–Trinajstić information content (AvgIpc) is 2.68. The van der Waals surface area contributed by atoms with Gasteiger partial charge < -0.3 is 20.2 Å². The third-order valence-corrected chi connectivity index (χ3v) is 4.90. The molecule has 0 radical (unpaired) electrons. The zero-order valence-corrected chi connectivity index (χ0v) is 16.1. The van der Waals surface area contributed by atoms with Crippen molar-refractivity contribution in [3.8, 4) is 5.75 Å². The summed E-state index contributed by atoms with van der Waals surface area (Å²) in [6, 6.07) is 15.6. The molecule has 3 rings (SSSR count). The molecule has 0 bridgehead atoms. The Morgan fingerprint density at radius 2 is 1.70 bits per heavy atom. The largest absolute Gasteiger partial charge is 0.506 e. The molecule has 1 saturated heterocycles. The molecule has 1 aliphatic rings. The van der Waals surface area contributed by atoms with Gasteiger partial charge in [-0.1, -0.05) is 24.3 Å². The molecule has 2 N–H and O–H groups in total. The molecule has 6 nitrogen and oxygen atoms in total. The normalized spacial score (nSPS) is 14.8. The van der Waals surface area contributed by atoms with Crippen LogP contribution in [-0.4, -0.2) is 62.7 Å². The number of nitrogens with zero attached hydrogens (tertiary/aromatic N) is 3. The molecule has 1 aliphatic heterocycles. The van der Waals surface area contributed by atoms with Gasteiger partial charge in [0.25, 0.3) is 0 Å². The fourth-order valence-electron chi connectivity index (χ4n) is 3.25. The van der Waals surface area contributed by atoms with Crippen LogP contribution in [0.4, 0.5) is 11.4 Å². The monoisotopic (exact) mass is 368 g/mol. The molecule has 1 fully saturated rings. The second kappa shape index (κ2) is 8.77. The molecule has 0 atom stereocenters. The first-order valence-electron chi connectivity index (χ1n) is 9.31. The van der Waals surface area contributed by atoms with Crippen LogP contribution in [0.15, 0.2) is 48.5 Å². The Kier molecular flexibility index (Phi) is 6.19. The maximum absolute atomic E-state index is 12.3. The van der Waals surface area contributed by atoms with Crippen LogP contribution < -0.4 is 15.1 Å². The summed E-state index contributed by atoms with van der Waals surface area (Å²) in [7, 11) is 4.02. The van der Waals surface area contributed by atoms with Crippen LogP contribution in [0, 0.1) is 0 Å². The molecule has 2 aromatic carbocycles. The van der Waals surface area contributed by atoms with E-state index in [4.69, 9.17) is 0 Å². The number of piperazine rings is 1. The van der Waals surface area contributed by atoms with Crippen LogP contribution in [-0.2, 0) is 11.3 Å². The van der Waals surface area contributed by atoms with Gasteiger partial charge in [0.15, 0.2) is 0 Å². The fraction of sp³-hybridized carbons (Fsp3) is 0.381. The summed E-state index contributed by atoms with van der Waals surface area (Å²) in [6.07, 6.45) is 0. The minimum atomic E-state index is 0.0442. The number of phenols is 1. The topological polar surface area (TPSA) is 59.1 Å². The highest BCUT2D eigenvalue weighted by molar-refractivity contribution is 5.78. The second-order valence-electron chi connectivity index (χ2n) is 7.09. The lowest BCUT2D eigenvalue weighted by Crippen LogP contribution is -2.49. The summed E-state index contributed by atoms with van der Waals surface area (Å²) in [5.41, 5.74) is 3.11. The number of aromatic hydroxyl groups is 1. The van der Waals surface area contributed by atoms with E-state index in [0.29, 0.717) is 18.8 Å². The summed E-state index contributed by atoms with van der Waals surface area (Å²) in [5.74, 6) is 0.353. The number of hydrogen-bond acceptors (Lipinski definition) is 5. The van der Waals surface area contributed by atoms with Gasteiger partial charge in [-0.15, -0.1) is 0 Å². The van der Waals surface area contributed by atoms with Crippen LogP contribution >= 0.6 is 0 Å². The lowest BCUT2D eigenvalue weighted by Gasteiger charge is -2.35. The minimum absolute atomic E-state index is 0.0442. The van der Waals surface area contributed by atoms with Gasteiger partial charge in [-0.2, -0.15) is 0 Å². The van der Waals surface area contributed by atoms with Crippen molar-refractivity contribution in [1.29, 1.82) is 0 Å². The minimum Gasteiger partial charge on any atom is -0.506 e. The molecular weight excluding hydrogens is 340 g/mol. The summed E-state index contributed by atoms with van der Waals surface area (Å²) >= 11 is 0. The Hall–Kier alpha value is -2.73. The summed E-state index contributed by atoms with van der Waals surface area (Å²) in [5, 5.41) is 13.0. The SMILES string of the molecule is CN(C)c1ccc(CNC(=O)CN2CCN(c3ccccc3O)CC2)cc1. The van der Waals surface area contributed by atoms with Gasteiger partial charge in [0.05, 0.1) is 12.2 Å². The number of hydrogen-bond donors (Lipinski definition) is 2. The quantitative estimate of drug-likeness (QED) is 0.816. The average molecular weight is 368 g/mol. The fourth-order valence-corrected chi connectivity index (χ4v) is 3.25. The molecule has 1 amide bonds. The van der Waals surface area contributed by atoms with Crippen molar-refractivity contribution in [2.75, 3.05) is 56.6 Å². The number of benzene rings is 2. The van der Waals surface area contributed by atoms with Crippen molar-refractivity contribution < 1.29 is 9.90 Å². The number of phenolic OH excluding ortho intramolecular Hbond substituents is 1. The van der Waals surface area contributed by atoms with Gasteiger partial charge in [-0.3, -0.25) is 9.69 Å². The third kappa shape index (κ3) is 5.14. The van der Waals surface area contributed by atoms with Crippen molar-refractivity contribution in [1.82, 2.24) is 10.2 Å². The van der Waals surface area contributed by atoms with E-state index in [0.717, 1.165) is 43.1 Å². The van der Waals surface area contributed by atoms with Gasteiger partial charge in [0.2, 0.25) is 5.91 Å². The van der Waals surface area contributed by atoms with Crippen molar-refractivity contribution in [3.05, 3.63) is 54.1 Å². The van der Waals surface area contributed by atoms with Gasteiger partial charge in [0.1, 0.15) is 5.75 Å². The predicted molar refractivity (Wildman–Crippen MR) is 109 cm³/mol. The van der Waals surface area contributed by atoms with Crippen LogP contribution in [0.5, 0.6) is 5.75 Å². The molecule has 6 heteroatoms. The zero-order chi connectivity index (χ0) is 19.2. The standard InChI is InChI=1S/C21H28N4O2/c1-23(2)18-9-7-17(8-10-18)15-22-21(27)16-24-11-13-25(14-12-24)19-5-3-4-6-20(19)26/h3-10,26H,11-16H2,1-2H3,(H,22,27). The zero-order valence-electron chi connectivity index (χ0n) is 16.1. The Balaban J connectivity index is 1.42. The molecule has 2 aromatic rings. The highest BCUT2D eigenvalue weighted by Gasteiger charge is 2.20. The maximum Gasteiger partial charge on any atom is 0.234 e. The van der Waals surface area contributed by atoms with E-state index in [-0.39, 0.29) is 5.91 Å². The molecule has 0 spiro atoms. The van der Waals surface area contributed by atoms with E-state index in [1.165, 1.54) is 0 Å². The van der Waals surface area contributed by atoms with E-state index in [2.05, 4.69) is 32.1 Å². The van der Waals surface area contributed by atoms with E-state index in [1.54, 1.807) is 6.07 Å². The van der Waals surface area contributed by atoms with Crippen molar-refractivity contribution in [3.63, 3.8) is 0 Å². The summed E-state index contributed by atoms with van der Waals surface area (Å²) in [4.78, 5) is 18.6. The molecule has 0 aromatic heterocycles. The molecule has 1 heterocycles. The summed E-state index contributed by atoms with van der Waals surface area (Å²) < 4.78 is 0. The molecule has 27 heavy (non-hydrogen) atoms. The molecule has 144 valence electrons. The van der Waals surface area contributed by atoms with E-state index in [9.17, 15) is 9.90 Å². The highest BCUT2D eigenvalue weighted by Crippen LogP contribution is 2.27. The van der Waals surface area contributed by atoms with Crippen molar-refractivity contribution in [2.24, 2.45) is 0 Å². The number of nitrogens with one attached hydrogen (secondary N) is 1. The smallest absolute Gasteiger partial charge is 0.234 e. The van der Waals surface area contributed by atoms with Gasteiger partial charge in [-0.25, -0.2) is 0 Å². The molecule has 0 saturated carbocycles. The number of rotatable bonds is 6. The Morgan fingerprint density at radius 1 is 1.04 bits per heavy atom. The summed E-state index contributed by atoms with van der Waals surface area (Å²) in [6.45, 7) is 4.17. The number of anilines is 2. The van der Waals surface area contributed by atoms with Crippen LogP contribution in [0.1, 0.15) is 5.56 Å². The van der Waals surface area contributed by atoms with Crippen LogP contribution in [0.25, 0.3) is 0 Å². The Bertz CT molecular complexity index is 753. The van der Waals surface area contributed by atoms with Gasteiger partial charge >= 0.3 is 0 Å². The third-order valence-electron chi connectivity index (χ3n) is 4.90. The molecular formula is C21H28N4O2. The highest BCUT2D eigenvalue weighted by atomic mass is 16.3. The first kappa shape index (κ1) is 19.0. The van der Waals surface area contributed by atoms with Crippen molar-refractivity contribution in [2.45, 2.75) is 6.54 Å². The van der Waals surface area contributed by atoms with Gasteiger partial charge in [-0.05, 0) is 29.8 Å². The predicted octanol–water partition coefficient (Wildman–Crippen LogP) is 1.90. The van der Waals surface area contributed by atoms with E-state index < -0.39 is 0 Å². The Labute approximate surface area is 161 Å². The van der Waals surface area contributed by atoms with E-state index >= 15 is 0 Å². The number of para-hydroxylation sites is 2. The molecule has 0 unspecified atom stereocenters. The first-order chi connectivity index (χ1) is 13.0. The lowest BCUT2D eigenvalue weighted by atomic mass is 10.2. The van der Waals surface area contributed by atoms with Crippen LogP contribution in [0.2, 0.25) is 0 Å². The Morgan fingerprint density at radius 3 is 2.33 bits per heavy atom. The second-order valence-corrected chi connectivity index (χ2v) is 7.09. The number of amides is 1.